The van der Waals surface area contributed by atoms with E-state index in [0.717, 1.165) is 5.56 Å². The molecule has 0 spiro atoms. The topological polar surface area (TPSA) is 127 Å². The Labute approximate surface area is 172 Å². The lowest BCUT2D eigenvalue weighted by Gasteiger charge is -2.25. The molecule has 0 aliphatic carbocycles. The number of ether oxygens (including phenoxy) is 1. The summed E-state index contributed by atoms with van der Waals surface area (Å²) in [4.78, 5) is 26.1. The number of aromatic nitrogens is 1. The van der Waals surface area contributed by atoms with E-state index in [9.17, 15) is 14.9 Å². The number of hydrogen-bond donors (Lipinski definition) is 3. The van der Waals surface area contributed by atoms with Gasteiger partial charge >= 0.3 is 11.8 Å². The number of fused-ring (bicyclic) bond motifs is 1. The molecule has 0 saturated carbocycles. The van der Waals surface area contributed by atoms with Crippen LogP contribution in [0, 0.1) is 10.1 Å². The second-order valence-corrected chi connectivity index (χ2v) is 7.40. The number of benzene rings is 2. The van der Waals surface area contributed by atoms with Crippen LogP contribution in [0.3, 0.4) is 0 Å². The molecule has 9 heteroatoms. The minimum Gasteiger partial charge on any atom is -0.489 e. The van der Waals surface area contributed by atoms with Gasteiger partial charge in [-0.05, 0) is 31.5 Å². The normalized spacial score (nSPS) is 11.1. The van der Waals surface area contributed by atoms with Gasteiger partial charge in [-0.1, -0.05) is 30.3 Å². The molecule has 2 aromatic carbocycles. The molecule has 0 radical (unpaired) electrons. The highest BCUT2D eigenvalue weighted by Crippen LogP contribution is 2.33. The minimum absolute atomic E-state index is 0.144. The Bertz CT molecular complexity index is 1070. The van der Waals surface area contributed by atoms with E-state index in [0.29, 0.717) is 23.3 Å². The van der Waals surface area contributed by atoms with E-state index in [1.807, 2.05) is 30.3 Å². The van der Waals surface area contributed by atoms with Crippen LogP contribution in [0.25, 0.3) is 10.9 Å². The Balaban J connectivity index is 1.87. The number of amides is 1. The number of rotatable bonds is 8. The van der Waals surface area contributed by atoms with Crippen LogP contribution < -0.4 is 15.4 Å². The summed E-state index contributed by atoms with van der Waals surface area (Å²) in [6.07, 6.45) is 0.0135. The molecule has 3 N–H and O–H groups in total. The van der Waals surface area contributed by atoms with Crippen LogP contribution in [-0.4, -0.2) is 33.2 Å². The molecule has 3 aromatic rings. The molecule has 0 bridgehead atoms. The van der Waals surface area contributed by atoms with Crippen molar-refractivity contribution < 1.29 is 19.6 Å². The zero-order valence-corrected chi connectivity index (χ0v) is 16.6. The van der Waals surface area contributed by atoms with E-state index in [2.05, 4.69) is 15.6 Å². The predicted molar refractivity (Wildman–Crippen MR) is 113 cm³/mol. The summed E-state index contributed by atoms with van der Waals surface area (Å²) in [5.41, 5.74) is 0.794. The first-order valence-electron chi connectivity index (χ1n) is 9.24. The fourth-order valence-corrected chi connectivity index (χ4v) is 2.96. The van der Waals surface area contributed by atoms with E-state index >= 15 is 0 Å². The van der Waals surface area contributed by atoms with Gasteiger partial charge in [0.15, 0.2) is 0 Å². The quantitative estimate of drug-likeness (QED) is 0.375. The summed E-state index contributed by atoms with van der Waals surface area (Å²) < 4.78 is 5.81. The molecular formula is C21H22N4O5. The number of carboxylic acid groups (broad SMARTS) is 1. The Hall–Kier alpha value is -3.88. The standard InChI is InChI=1S/C21H22N4O5/c1-21(2,24-20(26)27)13-23-19-16-9-8-15(30-12-14-6-4-3-5-7-14)10-17(16)22-11-18(19)25(28)29/h3-11,24H,12-13H2,1-2H3,(H,22,23)(H,26,27). The van der Waals surface area contributed by atoms with E-state index in [4.69, 9.17) is 9.84 Å². The van der Waals surface area contributed by atoms with Gasteiger partial charge in [-0.3, -0.25) is 10.1 Å². The summed E-state index contributed by atoms with van der Waals surface area (Å²) in [6, 6.07) is 14.8. The van der Waals surface area contributed by atoms with Gasteiger partial charge in [0.1, 0.15) is 24.2 Å². The molecule has 0 aliphatic heterocycles. The molecule has 0 atom stereocenters. The smallest absolute Gasteiger partial charge is 0.405 e. The van der Waals surface area contributed by atoms with Gasteiger partial charge in [0.25, 0.3) is 0 Å². The number of carbonyl (C=O) groups is 1. The molecular weight excluding hydrogens is 388 g/mol. The van der Waals surface area contributed by atoms with Gasteiger partial charge in [0.05, 0.1) is 16.0 Å². The van der Waals surface area contributed by atoms with Crippen molar-refractivity contribution >= 4 is 28.4 Å². The maximum absolute atomic E-state index is 11.5. The fraction of sp³-hybridized carbons (Fsp3) is 0.238. The first kappa shape index (κ1) is 20.8. The van der Waals surface area contributed by atoms with Gasteiger partial charge in [-0.25, -0.2) is 9.78 Å². The summed E-state index contributed by atoms with van der Waals surface area (Å²) in [6.45, 7) is 3.89. The summed E-state index contributed by atoms with van der Waals surface area (Å²) in [7, 11) is 0. The first-order valence-corrected chi connectivity index (χ1v) is 9.24. The maximum atomic E-state index is 11.5. The minimum atomic E-state index is -1.17. The van der Waals surface area contributed by atoms with Crippen molar-refractivity contribution in [2.75, 3.05) is 11.9 Å². The van der Waals surface area contributed by atoms with Crippen molar-refractivity contribution in [3.63, 3.8) is 0 Å². The Morgan fingerprint density at radius 3 is 2.63 bits per heavy atom. The molecule has 156 valence electrons. The number of nitro groups is 1. The highest BCUT2D eigenvalue weighted by atomic mass is 16.6. The van der Waals surface area contributed by atoms with Crippen LogP contribution in [0.4, 0.5) is 16.2 Å². The SMILES string of the molecule is CC(C)(CNc1c([N+](=O)[O-])cnc2cc(OCc3ccccc3)ccc12)NC(=O)O. The van der Waals surface area contributed by atoms with Crippen LogP contribution in [0.15, 0.2) is 54.7 Å². The number of nitrogens with zero attached hydrogens (tertiary/aromatic N) is 2. The van der Waals surface area contributed by atoms with Gasteiger partial charge in [-0.2, -0.15) is 0 Å². The van der Waals surface area contributed by atoms with Crippen LogP contribution in [0.2, 0.25) is 0 Å². The van der Waals surface area contributed by atoms with Gasteiger partial charge in [0, 0.05) is 18.0 Å². The number of nitrogens with one attached hydrogen (secondary N) is 2. The highest BCUT2D eigenvalue weighted by molar-refractivity contribution is 5.96. The molecule has 0 fully saturated rings. The summed E-state index contributed by atoms with van der Waals surface area (Å²) in [5, 5.41) is 26.4. The third-order valence-corrected chi connectivity index (χ3v) is 4.42. The fourth-order valence-electron chi connectivity index (χ4n) is 2.96. The van der Waals surface area contributed by atoms with E-state index in [1.165, 1.54) is 6.20 Å². The lowest BCUT2D eigenvalue weighted by molar-refractivity contribution is -0.384. The Kier molecular flexibility index (Phi) is 6.01. The van der Waals surface area contributed by atoms with Crippen molar-refractivity contribution in [1.29, 1.82) is 0 Å². The van der Waals surface area contributed by atoms with Crippen LogP contribution >= 0.6 is 0 Å². The zero-order chi connectivity index (χ0) is 21.7. The molecule has 9 nitrogen and oxygen atoms in total. The average molecular weight is 410 g/mol. The monoisotopic (exact) mass is 410 g/mol. The first-order chi connectivity index (χ1) is 14.2. The zero-order valence-electron chi connectivity index (χ0n) is 16.6. The van der Waals surface area contributed by atoms with Crippen molar-refractivity contribution in [3.8, 4) is 5.75 Å². The van der Waals surface area contributed by atoms with Gasteiger partial charge < -0.3 is 20.5 Å². The third kappa shape index (κ3) is 5.13. The van der Waals surface area contributed by atoms with Gasteiger partial charge in [-0.15, -0.1) is 0 Å². The molecule has 1 amide bonds. The van der Waals surface area contributed by atoms with Crippen LogP contribution in [-0.2, 0) is 6.61 Å². The summed E-state index contributed by atoms with van der Waals surface area (Å²) in [5.74, 6) is 0.589. The Morgan fingerprint density at radius 2 is 1.97 bits per heavy atom. The molecule has 0 saturated heterocycles. The average Bonchev–Trinajstić information content (AvgIpc) is 2.69. The molecule has 0 aliphatic rings. The van der Waals surface area contributed by atoms with Crippen molar-refractivity contribution in [3.05, 3.63) is 70.4 Å². The van der Waals surface area contributed by atoms with Crippen molar-refractivity contribution in [2.24, 2.45) is 0 Å². The second-order valence-electron chi connectivity index (χ2n) is 7.40. The van der Waals surface area contributed by atoms with Gasteiger partial charge in [0.2, 0.25) is 0 Å². The highest BCUT2D eigenvalue weighted by Gasteiger charge is 2.24. The predicted octanol–water partition coefficient (Wildman–Crippen LogP) is 4.18. The summed E-state index contributed by atoms with van der Waals surface area (Å²) >= 11 is 0. The largest absolute Gasteiger partial charge is 0.489 e. The Morgan fingerprint density at radius 1 is 1.23 bits per heavy atom. The third-order valence-electron chi connectivity index (χ3n) is 4.42. The number of hydrogen-bond acceptors (Lipinski definition) is 6. The lowest BCUT2D eigenvalue weighted by atomic mass is 10.1. The molecule has 1 heterocycles. The molecule has 0 unspecified atom stereocenters. The molecule has 1 aromatic heterocycles. The number of anilines is 1. The number of pyridine rings is 1. The van der Waals surface area contributed by atoms with Crippen molar-refractivity contribution in [2.45, 2.75) is 26.0 Å². The van der Waals surface area contributed by atoms with Crippen LogP contribution in [0.5, 0.6) is 5.75 Å². The second kappa shape index (κ2) is 8.64. The van der Waals surface area contributed by atoms with Crippen molar-refractivity contribution in [1.82, 2.24) is 10.3 Å². The maximum Gasteiger partial charge on any atom is 0.405 e. The molecule has 30 heavy (non-hydrogen) atoms. The molecule has 3 rings (SSSR count). The van der Waals surface area contributed by atoms with Crippen LogP contribution in [0.1, 0.15) is 19.4 Å². The van der Waals surface area contributed by atoms with E-state index < -0.39 is 16.6 Å². The van der Waals surface area contributed by atoms with E-state index in [-0.39, 0.29) is 17.9 Å². The lowest BCUT2D eigenvalue weighted by Crippen LogP contribution is -2.47. The van der Waals surface area contributed by atoms with E-state index in [1.54, 1.807) is 32.0 Å².